The van der Waals surface area contributed by atoms with Crippen LogP contribution in [0.5, 0.6) is 5.75 Å². The van der Waals surface area contributed by atoms with Crippen molar-refractivity contribution < 1.29 is 9.53 Å². The molecule has 6 heteroatoms. The molecular formula is C15H18ClN3O2. The molecule has 0 aliphatic heterocycles. The summed E-state index contributed by atoms with van der Waals surface area (Å²) in [5.74, 6) is 0.579. The van der Waals surface area contributed by atoms with Gasteiger partial charge in [0.15, 0.2) is 6.61 Å². The molecular weight excluding hydrogens is 290 g/mol. The Balaban J connectivity index is 1.89. The zero-order chi connectivity index (χ0) is 15.4. The topological polar surface area (TPSA) is 47.4 Å². The number of aryl methyl sites for hydroxylation is 2. The fourth-order valence-corrected chi connectivity index (χ4v) is 2.17. The van der Waals surface area contributed by atoms with E-state index in [0.29, 0.717) is 17.3 Å². The van der Waals surface area contributed by atoms with Gasteiger partial charge in [-0.3, -0.25) is 9.48 Å². The highest BCUT2D eigenvalue weighted by molar-refractivity contribution is 6.30. The Morgan fingerprint density at radius 1 is 1.48 bits per heavy atom. The lowest BCUT2D eigenvalue weighted by Gasteiger charge is -2.17. The molecule has 0 radical (unpaired) electrons. The van der Waals surface area contributed by atoms with Crippen LogP contribution in [0.15, 0.2) is 30.6 Å². The number of likely N-dealkylation sites (N-methyl/N-ethyl adjacent to an activating group) is 1. The molecule has 0 saturated carbocycles. The maximum Gasteiger partial charge on any atom is 0.260 e. The maximum absolute atomic E-state index is 12.1. The van der Waals surface area contributed by atoms with Crippen molar-refractivity contribution in [2.75, 3.05) is 13.7 Å². The zero-order valence-corrected chi connectivity index (χ0v) is 13.1. The molecule has 2 rings (SSSR count). The lowest BCUT2D eigenvalue weighted by Crippen LogP contribution is -2.30. The summed E-state index contributed by atoms with van der Waals surface area (Å²) >= 11 is 5.88. The molecule has 0 fully saturated rings. The van der Waals surface area contributed by atoms with Gasteiger partial charge in [-0.1, -0.05) is 11.6 Å². The number of aromatic nitrogens is 2. The zero-order valence-electron chi connectivity index (χ0n) is 12.3. The molecule has 5 nitrogen and oxygen atoms in total. The predicted molar refractivity (Wildman–Crippen MR) is 81.4 cm³/mol. The van der Waals surface area contributed by atoms with Crippen molar-refractivity contribution in [3.63, 3.8) is 0 Å². The molecule has 1 amide bonds. The minimum Gasteiger partial charge on any atom is -0.483 e. The van der Waals surface area contributed by atoms with Gasteiger partial charge in [-0.2, -0.15) is 5.10 Å². The molecule has 0 N–H and O–H groups in total. The van der Waals surface area contributed by atoms with Gasteiger partial charge in [0, 0.05) is 37.4 Å². The summed E-state index contributed by atoms with van der Waals surface area (Å²) in [6.07, 6.45) is 3.63. The number of nitrogens with zero attached hydrogens (tertiary/aromatic N) is 3. The van der Waals surface area contributed by atoms with Crippen LogP contribution in [0.4, 0.5) is 0 Å². The van der Waals surface area contributed by atoms with Gasteiger partial charge in [0.2, 0.25) is 0 Å². The van der Waals surface area contributed by atoms with E-state index in [2.05, 4.69) is 5.10 Å². The molecule has 112 valence electrons. The molecule has 0 unspecified atom stereocenters. The fourth-order valence-electron chi connectivity index (χ4n) is 1.94. The monoisotopic (exact) mass is 307 g/mol. The van der Waals surface area contributed by atoms with Gasteiger partial charge in [-0.25, -0.2) is 0 Å². The van der Waals surface area contributed by atoms with E-state index in [0.717, 1.165) is 11.1 Å². The first-order valence-electron chi connectivity index (χ1n) is 6.56. The van der Waals surface area contributed by atoms with Crippen LogP contribution in [0.1, 0.15) is 11.1 Å². The average Bonchev–Trinajstić information content (AvgIpc) is 2.82. The third-order valence-electron chi connectivity index (χ3n) is 3.09. The summed E-state index contributed by atoms with van der Waals surface area (Å²) in [6.45, 7) is 2.40. The Hall–Kier alpha value is -2.01. The number of carbonyl (C=O) groups is 1. The van der Waals surface area contributed by atoms with Crippen LogP contribution in [0.25, 0.3) is 0 Å². The number of ether oxygens (including phenoxy) is 1. The van der Waals surface area contributed by atoms with E-state index in [1.807, 2.05) is 20.2 Å². The molecule has 2 aromatic rings. The van der Waals surface area contributed by atoms with Crippen LogP contribution in [-0.4, -0.2) is 34.2 Å². The van der Waals surface area contributed by atoms with E-state index >= 15 is 0 Å². The van der Waals surface area contributed by atoms with Crippen LogP contribution >= 0.6 is 11.6 Å². The van der Waals surface area contributed by atoms with Gasteiger partial charge in [-0.15, -0.1) is 0 Å². The van der Waals surface area contributed by atoms with Gasteiger partial charge in [0.25, 0.3) is 5.91 Å². The predicted octanol–water partition coefficient (Wildman–Crippen LogP) is 2.42. The number of halogens is 1. The first kappa shape index (κ1) is 15.4. The van der Waals surface area contributed by atoms with Crippen molar-refractivity contribution in [2.24, 2.45) is 7.05 Å². The standard InChI is InChI=1S/C15H18ClN3O2/c1-11-6-13(16)4-5-14(11)21-10-15(20)18(2)8-12-7-17-19(3)9-12/h4-7,9H,8,10H2,1-3H3. The first-order chi connectivity index (χ1) is 9.95. The van der Waals surface area contributed by atoms with Gasteiger partial charge in [-0.05, 0) is 30.7 Å². The minimum absolute atomic E-state index is 0.000759. The maximum atomic E-state index is 12.1. The van der Waals surface area contributed by atoms with Crippen LogP contribution in [0, 0.1) is 6.92 Å². The van der Waals surface area contributed by atoms with Gasteiger partial charge in [0.1, 0.15) is 5.75 Å². The fraction of sp³-hybridized carbons (Fsp3) is 0.333. The van der Waals surface area contributed by atoms with Crippen molar-refractivity contribution in [3.8, 4) is 5.75 Å². The van der Waals surface area contributed by atoms with E-state index in [-0.39, 0.29) is 12.5 Å². The molecule has 1 aromatic heterocycles. The van der Waals surface area contributed by atoms with Gasteiger partial charge in [0.05, 0.1) is 6.20 Å². The SMILES string of the molecule is Cc1cc(Cl)ccc1OCC(=O)N(C)Cc1cnn(C)c1. The number of rotatable bonds is 5. The van der Waals surface area contributed by atoms with E-state index < -0.39 is 0 Å². The molecule has 0 saturated heterocycles. The van der Waals surface area contributed by atoms with Crippen molar-refractivity contribution in [1.82, 2.24) is 14.7 Å². The van der Waals surface area contributed by atoms with Crippen molar-refractivity contribution in [1.29, 1.82) is 0 Å². The Morgan fingerprint density at radius 2 is 2.24 bits per heavy atom. The minimum atomic E-state index is -0.0896. The summed E-state index contributed by atoms with van der Waals surface area (Å²) in [5.41, 5.74) is 1.89. The van der Waals surface area contributed by atoms with Crippen LogP contribution in [0.2, 0.25) is 5.02 Å². The third kappa shape index (κ3) is 4.23. The first-order valence-corrected chi connectivity index (χ1v) is 6.94. The van der Waals surface area contributed by atoms with Crippen molar-refractivity contribution in [2.45, 2.75) is 13.5 Å². The van der Waals surface area contributed by atoms with Crippen LogP contribution in [0.3, 0.4) is 0 Å². The number of amides is 1. The highest BCUT2D eigenvalue weighted by atomic mass is 35.5. The number of hydrogen-bond acceptors (Lipinski definition) is 3. The molecule has 0 aliphatic carbocycles. The summed E-state index contributed by atoms with van der Waals surface area (Å²) < 4.78 is 7.26. The largest absolute Gasteiger partial charge is 0.483 e. The Kier molecular flexibility index (Phi) is 4.85. The lowest BCUT2D eigenvalue weighted by molar-refractivity contribution is -0.132. The summed E-state index contributed by atoms with van der Waals surface area (Å²) in [6, 6.07) is 5.32. The summed E-state index contributed by atoms with van der Waals surface area (Å²) in [4.78, 5) is 13.7. The third-order valence-corrected chi connectivity index (χ3v) is 3.33. The molecule has 0 atom stereocenters. The molecule has 21 heavy (non-hydrogen) atoms. The Bertz CT molecular complexity index is 640. The quantitative estimate of drug-likeness (QED) is 0.852. The van der Waals surface area contributed by atoms with E-state index in [1.54, 1.807) is 41.0 Å². The molecule has 0 bridgehead atoms. The normalized spacial score (nSPS) is 10.5. The molecule has 1 heterocycles. The van der Waals surface area contributed by atoms with Crippen LogP contribution in [-0.2, 0) is 18.4 Å². The van der Waals surface area contributed by atoms with Crippen molar-refractivity contribution >= 4 is 17.5 Å². The average molecular weight is 308 g/mol. The summed E-state index contributed by atoms with van der Waals surface area (Å²) in [7, 11) is 3.59. The molecule has 1 aromatic carbocycles. The van der Waals surface area contributed by atoms with E-state index in [9.17, 15) is 4.79 Å². The lowest BCUT2D eigenvalue weighted by atomic mass is 10.2. The smallest absolute Gasteiger partial charge is 0.260 e. The van der Waals surface area contributed by atoms with E-state index in [4.69, 9.17) is 16.3 Å². The number of hydrogen-bond donors (Lipinski definition) is 0. The van der Waals surface area contributed by atoms with Gasteiger partial charge >= 0.3 is 0 Å². The van der Waals surface area contributed by atoms with Crippen molar-refractivity contribution in [3.05, 3.63) is 46.7 Å². The van der Waals surface area contributed by atoms with E-state index in [1.165, 1.54) is 0 Å². The van der Waals surface area contributed by atoms with Crippen LogP contribution < -0.4 is 4.74 Å². The Labute approximate surface area is 129 Å². The second-order valence-electron chi connectivity index (χ2n) is 4.97. The second kappa shape index (κ2) is 6.63. The number of carbonyl (C=O) groups excluding carboxylic acids is 1. The van der Waals surface area contributed by atoms with Gasteiger partial charge < -0.3 is 9.64 Å². The second-order valence-corrected chi connectivity index (χ2v) is 5.41. The summed E-state index contributed by atoms with van der Waals surface area (Å²) in [5, 5.41) is 4.73. The molecule has 0 aliphatic rings. The number of benzene rings is 1. The highest BCUT2D eigenvalue weighted by Gasteiger charge is 2.12. The Morgan fingerprint density at radius 3 is 2.86 bits per heavy atom. The highest BCUT2D eigenvalue weighted by Crippen LogP contribution is 2.21. The molecule has 0 spiro atoms.